The minimum Gasteiger partial charge on any atom is -0.354 e. The van der Waals surface area contributed by atoms with Crippen LogP contribution in [0.1, 0.15) is 43.4 Å². The molecule has 0 aliphatic heterocycles. The molecule has 20 heavy (non-hydrogen) atoms. The third kappa shape index (κ3) is 2.76. The lowest BCUT2D eigenvalue weighted by molar-refractivity contribution is -0.124. The first-order valence-corrected chi connectivity index (χ1v) is 7.61. The van der Waals surface area contributed by atoms with Gasteiger partial charge in [-0.2, -0.15) is 5.10 Å². The van der Waals surface area contributed by atoms with E-state index in [1.165, 1.54) is 4.68 Å². The number of hydrogen-bond acceptors (Lipinski definition) is 3. The second kappa shape index (κ2) is 5.77. The molecule has 0 bridgehead atoms. The Labute approximate surface area is 118 Å². The van der Waals surface area contributed by atoms with Gasteiger partial charge in [-0.1, -0.05) is 12.8 Å². The molecule has 2 aliphatic rings. The SMILES string of the molecule is O=C(NCCn1nc2c(cc1=O)CCC2)C1CCCC1. The second-order valence-electron chi connectivity index (χ2n) is 5.80. The number of carbonyl (C=O) groups is 1. The molecule has 1 amide bonds. The van der Waals surface area contributed by atoms with Crippen molar-refractivity contribution in [3.63, 3.8) is 0 Å². The van der Waals surface area contributed by atoms with Crippen LogP contribution in [-0.4, -0.2) is 22.2 Å². The molecule has 0 radical (unpaired) electrons. The van der Waals surface area contributed by atoms with E-state index in [9.17, 15) is 9.59 Å². The Balaban J connectivity index is 1.56. The van der Waals surface area contributed by atoms with Crippen LogP contribution < -0.4 is 10.9 Å². The number of aromatic nitrogens is 2. The predicted molar refractivity (Wildman–Crippen MR) is 75.5 cm³/mol. The fourth-order valence-electron chi connectivity index (χ4n) is 3.22. The van der Waals surface area contributed by atoms with Crippen LogP contribution in [0.2, 0.25) is 0 Å². The average Bonchev–Trinajstić information content (AvgIpc) is 3.08. The molecule has 5 heteroatoms. The van der Waals surface area contributed by atoms with Crippen LogP contribution in [0.3, 0.4) is 0 Å². The highest BCUT2D eigenvalue weighted by Gasteiger charge is 2.22. The second-order valence-corrected chi connectivity index (χ2v) is 5.80. The Hall–Kier alpha value is -1.65. The molecule has 0 spiro atoms. The highest BCUT2D eigenvalue weighted by Crippen LogP contribution is 2.24. The summed E-state index contributed by atoms with van der Waals surface area (Å²) in [6.45, 7) is 0.950. The largest absolute Gasteiger partial charge is 0.354 e. The van der Waals surface area contributed by atoms with Crippen LogP contribution in [0, 0.1) is 5.92 Å². The van der Waals surface area contributed by atoms with E-state index in [0.717, 1.165) is 56.2 Å². The smallest absolute Gasteiger partial charge is 0.267 e. The molecule has 1 N–H and O–H groups in total. The van der Waals surface area contributed by atoms with Crippen LogP contribution in [-0.2, 0) is 24.2 Å². The Morgan fingerprint density at radius 1 is 1.30 bits per heavy atom. The van der Waals surface area contributed by atoms with Crippen LogP contribution >= 0.6 is 0 Å². The van der Waals surface area contributed by atoms with Gasteiger partial charge < -0.3 is 5.32 Å². The lowest BCUT2D eigenvalue weighted by Gasteiger charge is -2.11. The van der Waals surface area contributed by atoms with Crippen molar-refractivity contribution >= 4 is 5.91 Å². The molecule has 1 fully saturated rings. The van der Waals surface area contributed by atoms with Crippen molar-refractivity contribution in [1.82, 2.24) is 15.1 Å². The van der Waals surface area contributed by atoms with Crippen molar-refractivity contribution in [3.05, 3.63) is 27.7 Å². The molecule has 0 unspecified atom stereocenters. The Morgan fingerprint density at radius 3 is 2.90 bits per heavy atom. The first kappa shape index (κ1) is 13.3. The van der Waals surface area contributed by atoms with Gasteiger partial charge in [0, 0.05) is 18.5 Å². The van der Waals surface area contributed by atoms with Crippen molar-refractivity contribution in [3.8, 4) is 0 Å². The Bertz CT molecular complexity index is 559. The van der Waals surface area contributed by atoms with E-state index in [0.29, 0.717) is 13.1 Å². The summed E-state index contributed by atoms with van der Waals surface area (Å²) < 4.78 is 1.49. The van der Waals surface area contributed by atoms with Gasteiger partial charge in [-0.15, -0.1) is 0 Å². The summed E-state index contributed by atoms with van der Waals surface area (Å²) in [5.41, 5.74) is 2.09. The van der Waals surface area contributed by atoms with Gasteiger partial charge in [0.15, 0.2) is 0 Å². The van der Waals surface area contributed by atoms with E-state index in [2.05, 4.69) is 10.4 Å². The van der Waals surface area contributed by atoms with Gasteiger partial charge >= 0.3 is 0 Å². The van der Waals surface area contributed by atoms with Gasteiger partial charge in [0.2, 0.25) is 5.91 Å². The monoisotopic (exact) mass is 275 g/mol. The molecule has 3 rings (SSSR count). The molecular weight excluding hydrogens is 254 g/mol. The summed E-state index contributed by atoms with van der Waals surface area (Å²) in [4.78, 5) is 23.8. The third-order valence-corrected chi connectivity index (χ3v) is 4.37. The summed E-state index contributed by atoms with van der Waals surface area (Å²) in [6.07, 6.45) is 7.34. The average molecular weight is 275 g/mol. The maximum absolute atomic E-state index is 11.9. The number of nitrogens with one attached hydrogen (secondary N) is 1. The van der Waals surface area contributed by atoms with E-state index < -0.39 is 0 Å². The van der Waals surface area contributed by atoms with Gasteiger partial charge in [-0.25, -0.2) is 4.68 Å². The number of carbonyl (C=O) groups excluding carboxylic acids is 1. The van der Waals surface area contributed by atoms with Gasteiger partial charge in [-0.3, -0.25) is 9.59 Å². The fraction of sp³-hybridized carbons (Fsp3) is 0.667. The standard InChI is InChI=1S/C15H21N3O2/c19-14-10-12-6-3-7-13(12)17-18(14)9-8-16-15(20)11-4-1-2-5-11/h10-11H,1-9H2,(H,16,20). The lowest BCUT2D eigenvalue weighted by Crippen LogP contribution is -2.35. The van der Waals surface area contributed by atoms with Crippen molar-refractivity contribution in [2.45, 2.75) is 51.5 Å². The normalized spacial score (nSPS) is 18.2. The molecule has 1 saturated carbocycles. The number of hydrogen-bond donors (Lipinski definition) is 1. The number of amides is 1. The van der Waals surface area contributed by atoms with Crippen LogP contribution in [0.25, 0.3) is 0 Å². The molecular formula is C15H21N3O2. The van der Waals surface area contributed by atoms with E-state index in [4.69, 9.17) is 0 Å². The third-order valence-electron chi connectivity index (χ3n) is 4.37. The van der Waals surface area contributed by atoms with Crippen LogP contribution in [0.4, 0.5) is 0 Å². The highest BCUT2D eigenvalue weighted by molar-refractivity contribution is 5.78. The van der Waals surface area contributed by atoms with E-state index in [-0.39, 0.29) is 17.4 Å². The zero-order valence-corrected chi connectivity index (χ0v) is 11.7. The predicted octanol–water partition coefficient (Wildman–Crippen LogP) is 1.04. The molecule has 0 aromatic carbocycles. The lowest BCUT2D eigenvalue weighted by atomic mass is 10.1. The summed E-state index contributed by atoms with van der Waals surface area (Å²) in [6, 6.07) is 1.70. The zero-order chi connectivity index (χ0) is 13.9. The van der Waals surface area contributed by atoms with E-state index in [1.807, 2.05) is 0 Å². The molecule has 0 saturated heterocycles. The highest BCUT2D eigenvalue weighted by atomic mass is 16.2. The maximum Gasteiger partial charge on any atom is 0.267 e. The topological polar surface area (TPSA) is 64.0 Å². The summed E-state index contributed by atoms with van der Waals surface area (Å²) in [5.74, 6) is 0.316. The Morgan fingerprint density at radius 2 is 2.10 bits per heavy atom. The minimum atomic E-state index is -0.0548. The van der Waals surface area contributed by atoms with Gasteiger partial charge in [0.05, 0.1) is 12.2 Å². The maximum atomic E-state index is 11.9. The molecule has 108 valence electrons. The molecule has 0 atom stereocenters. The first-order valence-electron chi connectivity index (χ1n) is 7.61. The summed E-state index contributed by atoms with van der Waals surface area (Å²) >= 11 is 0. The van der Waals surface area contributed by atoms with Crippen molar-refractivity contribution < 1.29 is 4.79 Å². The van der Waals surface area contributed by atoms with Crippen molar-refractivity contribution in [1.29, 1.82) is 0 Å². The summed E-state index contributed by atoms with van der Waals surface area (Å²) in [5, 5.41) is 7.33. The van der Waals surface area contributed by atoms with Gasteiger partial charge in [0.1, 0.15) is 0 Å². The first-order chi connectivity index (χ1) is 9.74. The number of aryl methyl sites for hydroxylation is 2. The fourth-order valence-corrected chi connectivity index (χ4v) is 3.22. The number of rotatable bonds is 4. The quantitative estimate of drug-likeness (QED) is 0.893. The summed E-state index contributed by atoms with van der Waals surface area (Å²) in [7, 11) is 0. The van der Waals surface area contributed by atoms with E-state index in [1.54, 1.807) is 6.07 Å². The zero-order valence-electron chi connectivity index (χ0n) is 11.7. The molecule has 1 aromatic rings. The van der Waals surface area contributed by atoms with Crippen LogP contribution in [0.5, 0.6) is 0 Å². The Kier molecular flexibility index (Phi) is 3.85. The molecule has 1 heterocycles. The molecule has 1 aromatic heterocycles. The minimum absolute atomic E-state index is 0.0548. The van der Waals surface area contributed by atoms with Crippen molar-refractivity contribution in [2.24, 2.45) is 5.92 Å². The number of nitrogens with zero attached hydrogens (tertiary/aromatic N) is 2. The van der Waals surface area contributed by atoms with Crippen molar-refractivity contribution in [2.75, 3.05) is 6.54 Å². The van der Waals surface area contributed by atoms with Crippen LogP contribution in [0.15, 0.2) is 10.9 Å². The molecule has 5 nitrogen and oxygen atoms in total. The van der Waals surface area contributed by atoms with E-state index >= 15 is 0 Å². The van der Waals surface area contributed by atoms with Gasteiger partial charge in [-0.05, 0) is 37.7 Å². The molecule has 2 aliphatic carbocycles. The number of fused-ring (bicyclic) bond motifs is 1. The van der Waals surface area contributed by atoms with Gasteiger partial charge in [0.25, 0.3) is 5.56 Å².